The van der Waals surface area contributed by atoms with Crippen molar-refractivity contribution in [2.45, 2.75) is 13.5 Å². The summed E-state index contributed by atoms with van der Waals surface area (Å²) in [4.78, 5) is 13.8. The van der Waals surface area contributed by atoms with Gasteiger partial charge in [0, 0.05) is 38.8 Å². The number of hydrogen-bond donors (Lipinski definition) is 0. The molecule has 3 aromatic rings. The van der Waals surface area contributed by atoms with E-state index < -0.39 is 0 Å². The maximum atomic E-state index is 5.71. The van der Waals surface area contributed by atoms with Crippen molar-refractivity contribution in [3.05, 3.63) is 47.8 Å². The Hall–Kier alpha value is -3.06. The van der Waals surface area contributed by atoms with Gasteiger partial charge in [-0.3, -0.25) is 4.90 Å². The maximum Gasteiger partial charge on any atom is 0.204 e. The predicted molar refractivity (Wildman–Crippen MR) is 118 cm³/mol. The lowest BCUT2D eigenvalue weighted by molar-refractivity contribution is 0.249. The van der Waals surface area contributed by atoms with Gasteiger partial charge in [-0.1, -0.05) is 24.3 Å². The summed E-state index contributed by atoms with van der Waals surface area (Å²) >= 11 is 0. The maximum absolute atomic E-state index is 5.71. The van der Waals surface area contributed by atoms with Crippen molar-refractivity contribution in [3.63, 3.8) is 0 Å². The van der Waals surface area contributed by atoms with Gasteiger partial charge in [0.05, 0.1) is 32.2 Å². The number of fused-ring (bicyclic) bond motifs is 1. The molecule has 7 heteroatoms. The van der Waals surface area contributed by atoms with Crippen LogP contribution in [-0.2, 0) is 6.54 Å². The number of ether oxygens (including phenoxy) is 3. The number of benzene rings is 2. The SMILES string of the molecule is COc1cc2ncnc(N3CCN(Cc4ccccc4C)CC3)c2c(OC)c1OC. The van der Waals surface area contributed by atoms with E-state index in [9.17, 15) is 0 Å². The summed E-state index contributed by atoms with van der Waals surface area (Å²) in [5.41, 5.74) is 3.50. The third-order valence-corrected chi connectivity index (χ3v) is 5.74. The van der Waals surface area contributed by atoms with Crippen LogP contribution in [0.2, 0.25) is 0 Å². The number of nitrogens with zero attached hydrogens (tertiary/aromatic N) is 4. The average molecular weight is 409 g/mol. The topological polar surface area (TPSA) is 60.0 Å². The van der Waals surface area contributed by atoms with Crippen LogP contribution in [0.25, 0.3) is 10.9 Å². The zero-order valence-electron chi connectivity index (χ0n) is 18.0. The quantitative estimate of drug-likeness (QED) is 0.620. The van der Waals surface area contributed by atoms with Gasteiger partial charge in [-0.2, -0.15) is 0 Å². The van der Waals surface area contributed by atoms with Crippen molar-refractivity contribution >= 4 is 16.7 Å². The molecule has 30 heavy (non-hydrogen) atoms. The van der Waals surface area contributed by atoms with Crippen LogP contribution in [0.4, 0.5) is 5.82 Å². The minimum Gasteiger partial charge on any atom is -0.493 e. The second-order valence-electron chi connectivity index (χ2n) is 7.43. The van der Waals surface area contributed by atoms with Gasteiger partial charge in [0.15, 0.2) is 11.5 Å². The molecule has 4 rings (SSSR count). The van der Waals surface area contributed by atoms with E-state index in [0.29, 0.717) is 17.2 Å². The van der Waals surface area contributed by atoms with E-state index in [4.69, 9.17) is 14.2 Å². The zero-order chi connectivity index (χ0) is 21.1. The third-order valence-electron chi connectivity index (χ3n) is 5.74. The van der Waals surface area contributed by atoms with Crippen LogP contribution in [0.3, 0.4) is 0 Å². The van der Waals surface area contributed by atoms with Gasteiger partial charge < -0.3 is 19.1 Å². The third kappa shape index (κ3) is 3.73. The van der Waals surface area contributed by atoms with Gasteiger partial charge in [-0.15, -0.1) is 0 Å². The highest BCUT2D eigenvalue weighted by Crippen LogP contribution is 2.45. The van der Waals surface area contributed by atoms with E-state index in [1.165, 1.54) is 11.1 Å². The van der Waals surface area contributed by atoms with E-state index >= 15 is 0 Å². The summed E-state index contributed by atoms with van der Waals surface area (Å²) in [6, 6.07) is 10.5. The molecule has 1 aromatic heterocycles. The largest absolute Gasteiger partial charge is 0.493 e. The number of methoxy groups -OCH3 is 3. The molecule has 0 amide bonds. The minimum atomic E-state index is 0.557. The number of aromatic nitrogens is 2. The number of hydrogen-bond acceptors (Lipinski definition) is 7. The van der Waals surface area contributed by atoms with Crippen molar-refractivity contribution in [3.8, 4) is 17.2 Å². The van der Waals surface area contributed by atoms with Crippen LogP contribution in [0, 0.1) is 6.92 Å². The molecular formula is C23H28N4O3. The Labute approximate surface area is 177 Å². The zero-order valence-corrected chi connectivity index (χ0v) is 18.0. The Bertz CT molecular complexity index is 1030. The van der Waals surface area contributed by atoms with Gasteiger partial charge in [-0.25, -0.2) is 9.97 Å². The molecule has 1 fully saturated rings. The first kappa shape index (κ1) is 20.2. The van der Waals surface area contributed by atoms with E-state index in [1.54, 1.807) is 27.7 Å². The van der Waals surface area contributed by atoms with E-state index in [2.05, 4.69) is 51.0 Å². The Balaban J connectivity index is 1.61. The predicted octanol–water partition coefficient (Wildman–Crippen LogP) is 3.29. The summed E-state index contributed by atoms with van der Waals surface area (Å²) in [6.07, 6.45) is 1.60. The van der Waals surface area contributed by atoms with Crippen LogP contribution < -0.4 is 19.1 Å². The second-order valence-corrected chi connectivity index (χ2v) is 7.43. The highest BCUT2D eigenvalue weighted by Gasteiger charge is 2.25. The van der Waals surface area contributed by atoms with Crippen LogP contribution in [0.5, 0.6) is 17.2 Å². The molecule has 0 saturated carbocycles. The van der Waals surface area contributed by atoms with Gasteiger partial charge in [0.1, 0.15) is 12.1 Å². The van der Waals surface area contributed by atoms with Crippen LogP contribution in [-0.4, -0.2) is 62.4 Å². The standard InChI is InChI=1S/C23H28N4O3/c1-16-7-5-6-8-17(16)14-26-9-11-27(12-10-26)23-20-18(24-15-25-23)13-19(28-2)21(29-3)22(20)30-4/h5-8,13,15H,9-12,14H2,1-4H3. The average Bonchev–Trinajstić information content (AvgIpc) is 2.79. The number of aryl methyl sites for hydroxylation is 1. The highest BCUT2D eigenvalue weighted by atomic mass is 16.5. The Morgan fingerprint density at radius 3 is 2.30 bits per heavy atom. The fraction of sp³-hybridized carbons (Fsp3) is 0.391. The van der Waals surface area contributed by atoms with Crippen LogP contribution in [0.1, 0.15) is 11.1 Å². The molecule has 0 radical (unpaired) electrons. The molecule has 7 nitrogen and oxygen atoms in total. The molecular weight excluding hydrogens is 380 g/mol. The molecule has 158 valence electrons. The summed E-state index contributed by atoms with van der Waals surface area (Å²) < 4.78 is 16.8. The van der Waals surface area contributed by atoms with Crippen LogP contribution in [0.15, 0.2) is 36.7 Å². The molecule has 0 spiro atoms. The van der Waals surface area contributed by atoms with Crippen molar-refractivity contribution in [1.82, 2.24) is 14.9 Å². The Morgan fingerprint density at radius 2 is 1.63 bits per heavy atom. The van der Waals surface area contributed by atoms with Gasteiger partial charge in [-0.05, 0) is 18.1 Å². The molecule has 1 saturated heterocycles. The normalized spacial score (nSPS) is 14.7. The lowest BCUT2D eigenvalue weighted by Gasteiger charge is -2.36. The summed E-state index contributed by atoms with van der Waals surface area (Å²) in [6.45, 7) is 6.85. The molecule has 2 aromatic carbocycles. The van der Waals surface area contributed by atoms with Crippen molar-refractivity contribution < 1.29 is 14.2 Å². The number of piperazine rings is 1. The molecule has 0 unspecified atom stereocenters. The van der Waals surface area contributed by atoms with E-state index in [0.717, 1.165) is 49.4 Å². The molecule has 0 N–H and O–H groups in total. The van der Waals surface area contributed by atoms with Crippen molar-refractivity contribution in [2.75, 3.05) is 52.4 Å². The van der Waals surface area contributed by atoms with Gasteiger partial charge in [0.25, 0.3) is 0 Å². The summed E-state index contributed by atoms with van der Waals surface area (Å²) in [5, 5.41) is 0.852. The Kier molecular flexibility index (Phi) is 5.90. The lowest BCUT2D eigenvalue weighted by Crippen LogP contribution is -2.46. The Morgan fingerprint density at radius 1 is 0.900 bits per heavy atom. The molecule has 1 aliphatic heterocycles. The highest BCUT2D eigenvalue weighted by molar-refractivity contribution is 5.98. The van der Waals surface area contributed by atoms with E-state index in [1.807, 2.05) is 6.07 Å². The van der Waals surface area contributed by atoms with Gasteiger partial charge >= 0.3 is 0 Å². The fourth-order valence-corrected chi connectivity index (χ4v) is 4.06. The van der Waals surface area contributed by atoms with Crippen molar-refractivity contribution in [2.24, 2.45) is 0 Å². The number of anilines is 1. The first-order chi connectivity index (χ1) is 14.7. The van der Waals surface area contributed by atoms with Gasteiger partial charge in [0.2, 0.25) is 5.75 Å². The van der Waals surface area contributed by atoms with Crippen molar-refractivity contribution in [1.29, 1.82) is 0 Å². The second kappa shape index (κ2) is 8.75. The molecule has 2 heterocycles. The minimum absolute atomic E-state index is 0.557. The lowest BCUT2D eigenvalue weighted by atomic mass is 10.1. The number of rotatable bonds is 6. The molecule has 0 atom stereocenters. The first-order valence-corrected chi connectivity index (χ1v) is 10.1. The fourth-order valence-electron chi connectivity index (χ4n) is 4.06. The summed E-state index contributed by atoms with van der Waals surface area (Å²) in [7, 11) is 4.85. The van der Waals surface area contributed by atoms with Crippen LogP contribution >= 0.6 is 0 Å². The smallest absolute Gasteiger partial charge is 0.204 e. The molecule has 0 bridgehead atoms. The first-order valence-electron chi connectivity index (χ1n) is 10.1. The molecule has 0 aliphatic carbocycles. The van der Waals surface area contributed by atoms with E-state index in [-0.39, 0.29) is 0 Å². The monoisotopic (exact) mass is 408 g/mol. The summed E-state index contributed by atoms with van der Waals surface area (Å²) in [5.74, 6) is 2.62. The molecule has 1 aliphatic rings.